The van der Waals surface area contributed by atoms with Crippen LogP contribution in [0.2, 0.25) is 5.02 Å². The fourth-order valence-corrected chi connectivity index (χ4v) is 2.72. The Morgan fingerprint density at radius 1 is 1.04 bits per heavy atom. The Balaban J connectivity index is 1.64. The highest BCUT2D eigenvalue weighted by molar-refractivity contribution is 6.30. The van der Waals surface area contributed by atoms with E-state index in [1.807, 2.05) is 12.1 Å². The van der Waals surface area contributed by atoms with E-state index < -0.39 is 5.97 Å². The van der Waals surface area contributed by atoms with Crippen LogP contribution >= 0.6 is 11.6 Å². The zero-order valence-corrected chi connectivity index (χ0v) is 14.0. The Bertz CT molecular complexity index is 1130. The van der Waals surface area contributed by atoms with Crippen LogP contribution in [-0.4, -0.2) is 31.0 Å². The van der Waals surface area contributed by atoms with Gasteiger partial charge in [0.05, 0.1) is 11.4 Å². The average molecular weight is 366 g/mol. The minimum absolute atomic E-state index is 0.141. The number of hydrogen-bond donors (Lipinski definition) is 3. The SMILES string of the molecule is O=C(O)c1cc2cc(Nc3nccc(-c4cc(Cl)ccn4)n3)ccc2[nH]1. The molecule has 0 unspecified atom stereocenters. The zero-order valence-electron chi connectivity index (χ0n) is 13.3. The molecule has 0 aliphatic rings. The number of H-pyrrole nitrogens is 1. The standard InChI is InChI=1S/C18H12ClN5O2/c19-11-3-5-20-15(9-11)14-4-6-21-18(24-14)22-12-1-2-13-10(7-12)8-16(23-13)17(25)26/h1-9,23H,(H,25,26)(H,21,22,24). The molecule has 0 aliphatic heterocycles. The van der Waals surface area contributed by atoms with Gasteiger partial charge in [-0.1, -0.05) is 11.6 Å². The topological polar surface area (TPSA) is 104 Å². The van der Waals surface area contributed by atoms with Crippen LogP contribution in [0.4, 0.5) is 11.6 Å². The van der Waals surface area contributed by atoms with Gasteiger partial charge in [-0.2, -0.15) is 0 Å². The predicted octanol–water partition coefficient (Wildman–Crippen LogP) is 4.12. The van der Waals surface area contributed by atoms with Crippen LogP contribution in [0.25, 0.3) is 22.3 Å². The summed E-state index contributed by atoms with van der Waals surface area (Å²) in [6.07, 6.45) is 3.25. The van der Waals surface area contributed by atoms with Gasteiger partial charge in [-0.3, -0.25) is 4.98 Å². The van der Waals surface area contributed by atoms with Gasteiger partial charge in [-0.25, -0.2) is 14.8 Å². The van der Waals surface area contributed by atoms with Crippen LogP contribution in [0.3, 0.4) is 0 Å². The molecule has 7 nitrogen and oxygen atoms in total. The minimum Gasteiger partial charge on any atom is -0.477 e. The van der Waals surface area contributed by atoms with E-state index in [0.717, 1.165) is 16.6 Å². The third-order valence-electron chi connectivity index (χ3n) is 3.75. The number of anilines is 2. The summed E-state index contributed by atoms with van der Waals surface area (Å²) in [5.74, 6) is -0.599. The summed E-state index contributed by atoms with van der Waals surface area (Å²) in [7, 11) is 0. The predicted molar refractivity (Wildman–Crippen MR) is 98.8 cm³/mol. The Hall–Kier alpha value is -3.45. The lowest BCUT2D eigenvalue weighted by Crippen LogP contribution is -1.98. The Kier molecular flexibility index (Phi) is 3.98. The maximum atomic E-state index is 11.1. The summed E-state index contributed by atoms with van der Waals surface area (Å²) in [5, 5.41) is 13.5. The van der Waals surface area contributed by atoms with Crippen molar-refractivity contribution in [1.29, 1.82) is 0 Å². The molecule has 0 radical (unpaired) electrons. The lowest BCUT2D eigenvalue weighted by molar-refractivity contribution is 0.0691. The van der Waals surface area contributed by atoms with Crippen molar-refractivity contribution < 1.29 is 9.90 Å². The molecule has 4 rings (SSSR count). The first-order chi connectivity index (χ1) is 12.6. The van der Waals surface area contributed by atoms with Crippen molar-refractivity contribution in [2.24, 2.45) is 0 Å². The van der Waals surface area contributed by atoms with Crippen LogP contribution < -0.4 is 5.32 Å². The lowest BCUT2D eigenvalue weighted by atomic mass is 10.2. The van der Waals surface area contributed by atoms with Gasteiger partial charge in [-0.15, -0.1) is 0 Å². The number of fused-ring (bicyclic) bond motifs is 1. The highest BCUT2D eigenvalue weighted by Gasteiger charge is 2.09. The largest absolute Gasteiger partial charge is 0.477 e. The second-order valence-corrected chi connectivity index (χ2v) is 5.98. The van der Waals surface area contributed by atoms with Crippen LogP contribution in [0, 0.1) is 0 Å². The Morgan fingerprint density at radius 3 is 2.69 bits per heavy atom. The first-order valence-electron chi connectivity index (χ1n) is 7.66. The van der Waals surface area contributed by atoms with E-state index in [1.54, 1.807) is 42.7 Å². The molecule has 0 aliphatic carbocycles. The molecule has 0 fully saturated rings. The summed E-state index contributed by atoms with van der Waals surface area (Å²) in [4.78, 5) is 26.8. The van der Waals surface area contributed by atoms with Crippen molar-refractivity contribution in [3.63, 3.8) is 0 Å². The number of carbonyl (C=O) groups is 1. The monoisotopic (exact) mass is 365 g/mol. The molecule has 0 bridgehead atoms. The molecular formula is C18H12ClN5O2. The highest BCUT2D eigenvalue weighted by atomic mass is 35.5. The van der Waals surface area contributed by atoms with Gasteiger partial charge in [0.2, 0.25) is 5.95 Å². The van der Waals surface area contributed by atoms with E-state index in [0.29, 0.717) is 22.4 Å². The van der Waals surface area contributed by atoms with Crippen molar-refractivity contribution in [2.75, 3.05) is 5.32 Å². The summed E-state index contributed by atoms with van der Waals surface area (Å²) in [5.41, 5.74) is 2.91. The molecule has 0 atom stereocenters. The van der Waals surface area contributed by atoms with Gasteiger partial charge in [0.15, 0.2) is 0 Å². The molecule has 0 amide bonds. The molecule has 128 valence electrons. The molecule has 1 aromatic carbocycles. The lowest BCUT2D eigenvalue weighted by Gasteiger charge is -2.06. The third-order valence-corrected chi connectivity index (χ3v) is 3.98. The molecular weight excluding hydrogens is 354 g/mol. The van der Waals surface area contributed by atoms with Gasteiger partial charge in [0.1, 0.15) is 5.69 Å². The van der Waals surface area contributed by atoms with Crippen molar-refractivity contribution in [2.45, 2.75) is 0 Å². The van der Waals surface area contributed by atoms with E-state index in [9.17, 15) is 4.79 Å². The summed E-state index contributed by atoms with van der Waals surface area (Å²) < 4.78 is 0. The number of carboxylic acid groups (broad SMARTS) is 1. The number of rotatable bonds is 4. The second-order valence-electron chi connectivity index (χ2n) is 5.54. The van der Waals surface area contributed by atoms with Crippen molar-refractivity contribution in [3.05, 3.63) is 65.6 Å². The van der Waals surface area contributed by atoms with Gasteiger partial charge < -0.3 is 15.4 Å². The van der Waals surface area contributed by atoms with Crippen molar-refractivity contribution in [3.8, 4) is 11.4 Å². The molecule has 0 saturated heterocycles. The summed E-state index contributed by atoms with van der Waals surface area (Å²) in [6, 6.07) is 12.2. The van der Waals surface area contributed by atoms with E-state index in [-0.39, 0.29) is 5.69 Å². The van der Waals surface area contributed by atoms with Crippen LogP contribution in [-0.2, 0) is 0 Å². The maximum absolute atomic E-state index is 11.1. The normalized spacial score (nSPS) is 10.8. The highest BCUT2D eigenvalue weighted by Crippen LogP contribution is 2.23. The first kappa shape index (κ1) is 16.0. The number of carboxylic acids is 1. The number of hydrogen-bond acceptors (Lipinski definition) is 5. The Labute approximate surface area is 152 Å². The maximum Gasteiger partial charge on any atom is 0.352 e. The van der Waals surface area contributed by atoms with Crippen LogP contribution in [0.1, 0.15) is 10.5 Å². The molecule has 4 aromatic rings. The van der Waals surface area contributed by atoms with Crippen molar-refractivity contribution >= 4 is 40.1 Å². The quantitative estimate of drug-likeness (QED) is 0.502. The zero-order chi connectivity index (χ0) is 18.1. The summed E-state index contributed by atoms with van der Waals surface area (Å²) >= 11 is 6.00. The number of aromatic carboxylic acids is 1. The number of aromatic amines is 1. The number of benzene rings is 1. The molecule has 26 heavy (non-hydrogen) atoms. The van der Waals surface area contributed by atoms with Crippen molar-refractivity contribution in [1.82, 2.24) is 19.9 Å². The molecule has 0 spiro atoms. The van der Waals surface area contributed by atoms with E-state index in [2.05, 4.69) is 25.3 Å². The van der Waals surface area contributed by atoms with Gasteiger partial charge in [0.25, 0.3) is 0 Å². The number of halogens is 1. The fourth-order valence-electron chi connectivity index (χ4n) is 2.56. The van der Waals surface area contributed by atoms with Gasteiger partial charge in [-0.05, 0) is 42.5 Å². The smallest absolute Gasteiger partial charge is 0.352 e. The molecule has 3 N–H and O–H groups in total. The van der Waals surface area contributed by atoms with Gasteiger partial charge in [0, 0.05) is 34.0 Å². The molecule has 8 heteroatoms. The van der Waals surface area contributed by atoms with Crippen LogP contribution in [0.5, 0.6) is 0 Å². The molecule has 0 saturated carbocycles. The second kappa shape index (κ2) is 6.45. The molecule has 3 heterocycles. The van der Waals surface area contributed by atoms with Gasteiger partial charge >= 0.3 is 5.97 Å². The van der Waals surface area contributed by atoms with E-state index in [1.165, 1.54) is 0 Å². The van der Waals surface area contributed by atoms with Crippen LogP contribution in [0.15, 0.2) is 54.9 Å². The van der Waals surface area contributed by atoms with E-state index >= 15 is 0 Å². The number of aromatic nitrogens is 4. The number of nitrogens with zero attached hydrogens (tertiary/aromatic N) is 3. The number of nitrogens with one attached hydrogen (secondary N) is 2. The average Bonchev–Trinajstić information content (AvgIpc) is 3.06. The molecule has 3 aromatic heterocycles. The summed E-state index contributed by atoms with van der Waals surface area (Å²) in [6.45, 7) is 0. The number of pyridine rings is 1. The van der Waals surface area contributed by atoms with E-state index in [4.69, 9.17) is 16.7 Å². The fraction of sp³-hybridized carbons (Fsp3) is 0. The first-order valence-corrected chi connectivity index (χ1v) is 8.04. The minimum atomic E-state index is -0.999. The third kappa shape index (κ3) is 3.20. The Morgan fingerprint density at radius 2 is 1.88 bits per heavy atom.